The number of nitrogens with one attached hydrogen (secondary N) is 1. The molecule has 0 saturated heterocycles. The Kier molecular flexibility index (Phi) is 7.41. The highest BCUT2D eigenvalue weighted by molar-refractivity contribution is 6.32. The molecule has 1 aromatic carbocycles. The van der Waals surface area contributed by atoms with E-state index in [2.05, 4.69) is 5.32 Å². The zero-order valence-corrected chi connectivity index (χ0v) is 12.9. The normalized spacial score (nSPS) is 12.2. The number of hydrogen-bond acceptors (Lipinski definition) is 3. The molecule has 0 bridgehead atoms. The molecule has 20 heavy (non-hydrogen) atoms. The van der Waals surface area contributed by atoms with Crippen LogP contribution in [0.15, 0.2) is 24.3 Å². The molecule has 1 unspecified atom stereocenters. The topological polar surface area (TPSA) is 47.6 Å². The van der Waals surface area contributed by atoms with Gasteiger partial charge < -0.3 is 14.8 Å². The molecule has 5 heteroatoms. The van der Waals surface area contributed by atoms with Gasteiger partial charge >= 0.3 is 0 Å². The van der Waals surface area contributed by atoms with Crippen molar-refractivity contribution < 1.29 is 14.3 Å². The van der Waals surface area contributed by atoms with Crippen molar-refractivity contribution >= 4 is 17.5 Å². The lowest BCUT2D eigenvalue weighted by Crippen LogP contribution is -2.37. The van der Waals surface area contributed by atoms with E-state index in [1.165, 1.54) is 0 Å². The molecule has 1 amide bonds. The van der Waals surface area contributed by atoms with E-state index in [4.69, 9.17) is 21.1 Å². The predicted octanol–water partition coefficient (Wildman–Crippen LogP) is 3.04. The van der Waals surface area contributed by atoms with Crippen molar-refractivity contribution in [2.45, 2.75) is 39.4 Å². The first-order valence-electron chi connectivity index (χ1n) is 6.81. The molecule has 1 rings (SSSR count). The Labute approximate surface area is 125 Å². The second-order valence-corrected chi connectivity index (χ2v) is 5.16. The molecule has 1 N–H and O–H groups in total. The van der Waals surface area contributed by atoms with Crippen molar-refractivity contribution in [3.63, 3.8) is 0 Å². The molecule has 0 aliphatic heterocycles. The third kappa shape index (κ3) is 6.26. The van der Waals surface area contributed by atoms with Crippen molar-refractivity contribution in [3.8, 4) is 5.75 Å². The second-order valence-electron chi connectivity index (χ2n) is 4.75. The van der Waals surface area contributed by atoms with E-state index in [1.807, 2.05) is 26.0 Å². The van der Waals surface area contributed by atoms with Gasteiger partial charge in [-0.3, -0.25) is 4.79 Å². The van der Waals surface area contributed by atoms with Crippen molar-refractivity contribution in [1.29, 1.82) is 0 Å². The number of hydrogen-bond donors (Lipinski definition) is 1. The Balaban J connectivity index is 2.28. The Bertz CT molecular complexity index is 423. The maximum Gasteiger partial charge on any atom is 0.260 e. The van der Waals surface area contributed by atoms with Crippen molar-refractivity contribution in [2.24, 2.45) is 0 Å². The van der Waals surface area contributed by atoms with Crippen LogP contribution >= 0.6 is 11.6 Å². The molecular weight excluding hydrogens is 278 g/mol. The summed E-state index contributed by atoms with van der Waals surface area (Å²) in [5, 5.41) is 3.31. The summed E-state index contributed by atoms with van der Waals surface area (Å²) in [6.07, 6.45) is 0.414. The van der Waals surface area contributed by atoms with Crippen LogP contribution in [0, 0.1) is 0 Å². The average molecular weight is 300 g/mol. The molecule has 0 heterocycles. The number of para-hydroxylation sites is 1. The molecule has 0 aromatic heterocycles. The van der Waals surface area contributed by atoms with Crippen LogP contribution in [0.4, 0.5) is 0 Å². The lowest BCUT2D eigenvalue weighted by Gasteiger charge is -2.15. The number of carbonyl (C=O) groups excluding carboxylic acids is 1. The first-order valence-corrected chi connectivity index (χ1v) is 7.19. The zero-order chi connectivity index (χ0) is 15.0. The number of carbonyl (C=O) groups is 1. The molecular formula is C15H22ClNO3. The lowest BCUT2D eigenvalue weighted by molar-refractivity contribution is -0.127. The van der Waals surface area contributed by atoms with Crippen molar-refractivity contribution in [2.75, 3.05) is 13.2 Å². The predicted molar refractivity (Wildman–Crippen MR) is 80.3 cm³/mol. The van der Waals surface area contributed by atoms with Gasteiger partial charge in [-0.1, -0.05) is 23.7 Å². The number of rotatable bonds is 8. The van der Waals surface area contributed by atoms with Gasteiger partial charge in [-0.15, -0.1) is 0 Å². The van der Waals surface area contributed by atoms with E-state index < -0.39 is 6.10 Å². The summed E-state index contributed by atoms with van der Waals surface area (Å²) < 4.78 is 10.9. The van der Waals surface area contributed by atoms with E-state index in [1.54, 1.807) is 19.1 Å². The minimum atomic E-state index is -0.582. The maximum atomic E-state index is 11.8. The molecule has 0 spiro atoms. The fraction of sp³-hybridized carbons (Fsp3) is 0.533. The van der Waals surface area contributed by atoms with Crippen LogP contribution in [0.3, 0.4) is 0 Å². The van der Waals surface area contributed by atoms with Crippen molar-refractivity contribution in [3.05, 3.63) is 29.3 Å². The van der Waals surface area contributed by atoms with Gasteiger partial charge in [-0.25, -0.2) is 0 Å². The largest absolute Gasteiger partial charge is 0.479 e. The van der Waals surface area contributed by atoms with Gasteiger partial charge in [0.25, 0.3) is 5.91 Å². The highest BCUT2D eigenvalue weighted by atomic mass is 35.5. The van der Waals surface area contributed by atoms with E-state index >= 15 is 0 Å². The maximum absolute atomic E-state index is 11.8. The summed E-state index contributed by atoms with van der Waals surface area (Å²) in [4.78, 5) is 11.8. The van der Waals surface area contributed by atoms with E-state index in [9.17, 15) is 4.79 Å². The van der Waals surface area contributed by atoms with Crippen LogP contribution in [-0.4, -0.2) is 31.3 Å². The highest BCUT2D eigenvalue weighted by Gasteiger charge is 2.15. The lowest BCUT2D eigenvalue weighted by atomic mass is 10.3. The monoisotopic (exact) mass is 299 g/mol. The Morgan fingerprint density at radius 1 is 1.30 bits per heavy atom. The van der Waals surface area contributed by atoms with Gasteiger partial charge in [0.2, 0.25) is 0 Å². The summed E-state index contributed by atoms with van der Waals surface area (Å²) in [6.45, 7) is 6.87. The summed E-state index contributed by atoms with van der Waals surface area (Å²) in [6, 6.07) is 7.09. The van der Waals surface area contributed by atoms with E-state index in [0.717, 1.165) is 6.42 Å². The Morgan fingerprint density at radius 2 is 2.00 bits per heavy atom. The third-order valence-electron chi connectivity index (χ3n) is 2.58. The Hall–Kier alpha value is -1.26. The molecule has 4 nitrogen and oxygen atoms in total. The van der Waals surface area contributed by atoms with Gasteiger partial charge in [0.15, 0.2) is 6.10 Å². The SMILES string of the molecule is CC(C)OCCCNC(=O)C(C)Oc1ccccc1Cl. The number of amides is 1. The van der Waals surface area contributed by atoms with Crippen LogP contribution in [-0.2, 0) is 9.53 Å². The molecule has 1 atom stereocenters. The molecule has 0 radical (unpaired) electrons. The summed E-state index contributed by atoms with van der Waals surface area (Å²) in [7, 11) is 0. The second kappa shape index (κ2) is 8.82. The number of halogens is 1. The van der Waals surface area contributed by atoms with Gasteiger partial charge in [-0.05, 0) is 39.3 Å². The van der Waals surface area contributed by atoms with E-state index in [-0.39, 0.29) is 12.0 Å². The van der Waals surface area contributed by atoms with Gasteiger partial charge in [0, 0.05) is 13.2 Å². The molecule has 1 aromatic rings. The fourth-order valence-electron chi connectivity index (χ4n) is 1.53. The number of benzene rings is 1. The van der Waals surface area contributed by atoms with Crippen LogP contribution in [0.1, 0.15) is 27.2 Å². The summed E-state index contributed by atoms with van der Waals surface area (Å²) in [5.41, 5.74) is 0. The Morgan fingerprint density at radius 3 is 2.65 bits per heavy atom. The van der Waals surface area contributed by atoms with Gasteiger partial charge in [-0.2, -0.15) is 0 Å². The molecule has 112 valence electrons. The fourth-order valence-corrected chi connectivity index (χ4v) is 1.71. The number of ether oxygens (including phenoxy) is 2. The van der Waals surface area contributed by atoms with Crippen LogP contribution in [0.25, 0.3) is 0 Å². The summed E-state index contributed by atoms with van der Waals surface area (Å²) >= 11 is 5.97. The van der Waals surface area contributed by atoms with E-state index in [0.29, 0.717) is 23.9 Å². The molecule has 0 saturated carbocycles. The minimum Gasteiger partial charge on any atom is -0.479 e. The van der Waals surface area contributed by atoms with Gasteiger partial charge in [0.1, 0.15) is 5.75 Å². The average Bonchev–Trinajstić information content (AvgIpc) is 2.40. The first kappa shape index (κ1) is 16.8. The third-order valence-corrected chi connectivity index (χ3v) is 2.89. The zero-order valence-electron chi connectivity index (χ0n) is 12.2. The standard InChI is InChI=1S/C15H22ClNO3/c1-11(2)19-10-6-9-17-15(18)12(3)20-14-8-5-4-7-13(14)16/h4-5,7-8,11-12H,6,9-10H2,1-3H3,(H,17,18). The van der Waals surface area contributed by atoms with Gasteiger partial charge in [0.05, 0.1) is 11.1 Å². The molecule has 0 fully saturated rings. The highest BCUT2D eigenvalue weighted by Crippen LogP contribution is 2.24. The first-order chi connectivity index (χ1) is 9.50. The summed E-state index contributed by atoms with van der Waals surface area (Å²) in [5.74, 6) is 0.356. The minimum absolute atomic E-state index is 0.158. The van der Waals surface area contributed by atoms with Crippen LogP contribution in [0.5, 0.6) is 5.75 Å². The molecule has 0 aliphatic carbocycles. The van der Waals surface area contributed by atoms with Crippen molar-refractivity contribution in [1.82, 2.24) is 5.32 Å². The van der Waals surface area contributed by atoms with Crippen LogP contribution in [0.2, 0.25) is 5.02 Å². The smallest absolute Gasteiger partial charge is 0.260 e. The molecule has 0 aliphatic rings. The quantitative estimate of drug-likeness (QED) is 0.751. The van der Waals surface area contributed by atoms with Crippen LogP contribution < -0.4 is 10.1 Å².